The molecule has 0 saturated carbocycles. The number of piperidine rings is 1. The molecule has 1 aliphatic heterocycles. The molecule has 2 amide bonds. The largest absolute Gasteiger partial charge is 0.481 e. The number of carbonyl (C=O) groups is 3. The highest BCUT2D eigenvalue weighted by molar-refractivity contribution is 7.09. The zero-order valence-corrected chi connectivity index (χ0v) is 15.5. The van der Waals surface area contributed by atoms with Crippen molar-refractivity contribution in [3.8, 4) is 0 Å². The number of nitrogens with zero attached hydrogens (tertiary/aromatic N) is 3. The number of thiazole rings is 1. The van der Waals surface area contributed by atoms with Gasteiger partial charge in [0.2, 0.25) is 11.8 Å². The number of carbonyl (C=O) groups excluding carboxylic acids is 2. The molecule has 0 aliphatic carbocycles. The molecule has 1 aromatic rings. The molecule has 1 N–H and O–H groups in total. The Morgan fingerprint density at radius 1 is 1.36 bits per heavy atom. The van der Waals surface area contributed by atoms with E-state index in [4.69, 9.17) is 5.11 Å². The van der Waals surface area contributed by atoms with Crippen molar-refractivity contribution in [1.82, 2.24) is 14.8 Å². The molecule has 0 radical (unpaired) electrons. The average molecular weight is 367 g/mol. The van der Waals surface area contributed by atoms with Gasteiger partial charge in [-0.15, -0.1) is 11.3 Å². The van der Waals surface area contributed by atoms with Gasteiger partial charge in [0.25, 0.3) is 0 Å². The lowest BCUT2D eigenvalue weighted by atomic mass is 9.97. The number of likely N-dealkylation sites (N-methyl/N-ethyl adjacent to an activating group) is 1. The van der Waals surface area contributed by atoms with Gasteiger partial charge < -0.3 is 14.9 Å². The second-order valence-electron chi connectivity index (χ2n) is 6.45. The van der Waals surface area contributed by atoms with Gasteiger partial charge in [-0.05, 0) is 32.6 Å². The predicted octanol–water partition coefficient (Wildman–Crippen LogP) is 1.56. The molecule has 7 nitrogen and oxygen atoms in total. The third-order valence-corrected chi connectivity index (χ3v) is 5.31. The van der Waals surface area contributed by atoms with Gasteiger partial charge in [0.1, 0.15) is 0 Å². The van der Waals surface area contributed by atoms with Crippen LogP contribution >= 0.6 is 11.3 Å². The van der Waals surface area contributed by atoms with Gasteiger partial charge in [0.05, 0.1) is 23.2 Å². The Labute approximate surface area is 151 Å². The lowest BCUT2D eigenvalue weighted by Crippen LogP contribution is -2.45. The number of carboxylic acids is 1. The van der Waals surface area contributed by atoms with E-state index in [2.05, 4.69) is 4.98 Å². The molecule has 138 valence electrons. The maximum atomic E-state index is 12.3. The molecule has 1 aliphatic rings. The number of aryl methyl sites for hydroxylation is 2. The second kappa shape index (κ2) is 8.94. The zero-order chi connectivity index (χ0) is 18.4. The van der Waals surface area contributed by atoms with Gasteiger partial charge in [-0.2, -0.15) is 0 Å². The van der Waals surface area contributed by atoms with Crippen LogP contribution in [-0.4, -0.2) is 64.4 Å². The Morgan fingerprint density at radius 2 is 2.04 bits per heavy atom. The third-order valence-electron chi connectivity index (χ3n) is 4.49. The highest BCUT2D eigenvalue weighted by Gasteiger charge is 2.27. The van der Waals surface area contributed by atoms with Crippen LogP contribution < -0.4 is 0 Å². The van der Waals surface area contributed by atoms with E-state index in [1.165, 1.54) is 4.90 Å². The van der Waals surface area contributed by atoms with Crippen LogP contribution in [0.3, 0.4) is 0 Å². The Kier molecular flexibility index (Phi) is 6.92. The number of carboxylic acid groups (broad SMARTS) is 1. The number of aromatic nitrogens is 1. The number of hydrogen-bond donors (Lipinski definition) is 1. The minimum atomic E-state index is -0.797. The average Bonchev–Trinajstić information content (AvgIpc) is 3.00. The van der Waals surface area contributed by atoms with Crippen LogP contribution in [0.4, 0.5) is 0 Å². The summed E-state index contributed by atoms with van der Waals surface area (Å²) in [7, 11) is 1.64. The minimum Gasteiger partial charge on any atom is -0.481 e. The van der Waals surface area contributed by atoms with Crippen LogP contribution in [0, 0.1) is 12.8 Å². The first-order chi connectivity index (χ1) is 11.9. The molecule has 0 bridgehead atoms. The second-order valence-corrected chi connectivity index (χ2v) is 7.52. The summed E-state index contributed by atoms with van der Waals surface area (Å²) in [6.45, 7) is 2.90. The molecule has 0 spiro atoms. The van der Waals surface area contributed by atoms with E-state index in [0.717, 1.165) is 17.1 Å². The third kappa shape index (κ3) is 5.81. The number of rotatable bonds is 7. The molecule has 0 atom stereocenters. The quantitative estimate of drug-likeness (QED) is 0.790. The van der Waals surface area contributed by atoms with Crippen molar-refractivity contribution >= 4 is 29.1 Å². The number of hydrogen-bond acceptors (Lipinski definition) is 5. The molecule has 1 aromatic heterocycles. The molecular weight excluding hydrogens is 342 g/mol. The van der Waals surface area contributed by atoms with E-state index in [1.807, 2.05) is 12.3 Å². The summed E-state index contributed by atoms with van der Waals surface area (Å²) in [6, 6.07) is 0. The first kappa shape index (κ1) is 19.4. The van der Waals surface area contributed by atoms with Crippen LogP contribution in [0.2, 0.25) is 0 Å². The summed E-state index contributed by atoms with van der Waals surface area (Å²) >= 11 is 1.60. The maximum Gasteiger partial charge on any atom is 0.306 e. The first-order valence-electron chi connectivity index (χ1n) is 8.52. The molecule has 0 aromatic carbocycles. The Hall–Kier alpha value is -1.96. The van der Waals surface area contributed by atoms with E-state index < -0.39 is 5.97 Å². The fraction of sp³-hybridized carbons (Fsp3) is 0.647. The maximum absolute atomic E-state index is 12.3. The minimum absolute atomic E-state index is 0.0480. The van der Waals surface area contributed by atoms with E-state index in [1.54, 1.807) is 23.3 Å². The summed E-state index contributed by atoms with van der Waals surface area (Å²) in [5.74, 6) is -1.33. The van der Waals surface area contributed by atoms with Crippen molar-refractivity contribution in [2.24, 2.45) is 5.92 Å². The first-order valence-corrected chi connectivity index (χ1v) is 9.40. The monoisotopic (exact) mass is 367 g/mol. The van der Waals surface area contributed by atoms with E-state index in [0.29, 0.717) is 38.8 Å². The van der Waals surface area contributed by atoms with Crippen molar-refractivity contribution < 1.29 is 19.5 Å². The molecule has 2 heterocycles. The van der Waals surface area contributed by atoms with Crippen LogP contribution in [0.1, 0.15) is 36.4 Å². The van der Waals surface area contributed by atoms with E-state index in [-0.39, 0.29) is 24.3 Å². The van der Waals surface area contributed by atoms with Crippen molar-refractivity contribution in [2.45, 2.75) is 39.0 Å². The van der Waals surface area contributed by atoms with Crippen molar-refractivity contribution in [2.75, 3.05) is 26.7 Å². The molecule has 8 heteroatoms. The summed E-state index contributed by atoms with van der Waals surface area (Å²) < 4.78 is 0. The van der Waals surface area contributed by atoms with Crippen LogP contribution in [0.25, 0.3) is 0 Å². The van der Waals surface area contributed by atoms with Gasteiger partial charge in [0.15, 0.2) is 0 Å². The van der Waals surface area contributed by atoms with Gasteiger partial charge in [-0.1, -0.05) is 0 Å². The molecule has 25 heavy (non-hydrogen) atoms. The van der Waals surface area contributed by atoms with Crippen LogP contribution in [-0.2, 0) is 20.8 Å². The number of likely N-dealkylation sites (tertiary alicyclic amines) is 1. The van der Waals surface area contributed by atoms with Gasteiger partial charge in [0, 0.05) is 31.9 Å². The topological polar surface area (TPSA) is 90.8 Å². The van der Waals surface area contributed by atoms with Crippen LogP contribution in [0.15, 0.2) is 5.38 Å². The molecule has 1 fully saturated rings. The van der Waals surface area contributed by atoms with Gasteiger partial charge >= 0.3 is 5.97 Å². The SMILES string of the molecule is Cc1nc(CCCC(=O)N(C)CC(=O)N2CCC(C(=O)O)CC2)cs1. The summed E-state index contributed by atoms with van der Waals surface area (Å²) in [5, 5.41) is 12.0. The Morgan fingerprint density at radius 3 is 2.60 bits per heavy atom. The fourth-order valence-electron chi connectivity index (χ4n) is 2.90. The van der Waals surface area contributed by atoms with Crippen molar-refractivity contribution in [3.05, 3.63) is 16.1 Å². The number of amides is 2. The van der Waals surface area contributed by atoms with E-state index >= 15 is 0 Å². The Balaban J connectivity index is 1.69. The van der Waals surface area contributed by atoms with Crippen molar-refractivity contribution in [3.63, 3.8) is 0 Å². The smallest absolute Gasteiger partial charge is 0.306 e. The van der Waals surface area contributed by atoms with Gasteiger partial charge in [-0.25, -0.2) is 4.98 Å². The van der Waals surface area contributed by atoms with Gasteiger partial charge in [-0.3, -0.25) is 14.4 Å². The fourth-order valence-corrected chi connectivity index (χ4v) is 3.55. The zero-order valence-electron chi connectivity index (χ0n) is 14.7. The molecule has 1 saturated heterocycles. The lowest BCUT2D eigenvalue weighted by molar-refractivity contribution is -0.146. The molecule has 2 rings (SSSR count). The Bertz CT molecular complexity index is 623. The normalized spacial score (nSPS) is 15.2. The molecular formula is C17H25N3O4S. The van der Waals surface area contributed by atoms with Crippen LogP contribution in [0.5, 0.6) is 0 Å². The molecule has 0 unspecified atom stereocenters. The summed E-state index contributed by atoms with van der Waals surface area (Å²) in [4.78, 5) is 42.8. The summed E-state index contributed by atoms with van der Waals surface area (Å²) in [6.07, 6.45) is 2.82. The standard InChI is InChI=1S/C17H25N3O4S/c1-12-18-14(11-25-12)4-3-5-15(21)19(2)10-16(22)20-8-6-13(7-9-20)17(23)24/h11,13H,3-10H2,1-2H3,(H,23,24). The lowest BCUT2D eigenvalue weighted by Gasteiger charge is -2.31. The predicted molar refractivity (Wildman–Crippen MR) is 94.4 cm³/mol. The van der Waals surface area contributed by atoms with Crippen molar-refractivity contribution in [1.29, 1.82) is 0 Å². The highest BCUT2D eigenvalue weighted by atomic mass is 32.1. The number of aliphatic carboxylic acids is 1. The van der Waals surface area contributed by atoms with E-state index in [9.17, 15) is 14.4 Å². The summed E-state index contributed by atoms with van der Waals surface area (Å²) in [5.41, 5.74) is 1.01. The highest BCUT2D eigenvalue weighted by Crippen LogP contribution is 2.17.